The number of carbonyl (C=O) groups excluding carboxylic acids is 5. The van der Waals surface area contributed by atoms with E-state index < -0.39 is 23.5 Å². The SMILES string of the molecule is CCOC(=O)Oc1ccc(C(=O)NCCNC(=O)c2ccc3c(c2)C(=O)N(C(C)(C)C)C3=O)cc1. The zero-order valence-corrected chi connectivity index (χ0v) is 20.0. The number of amides is 4. The molecule has 1 heterocycles. The molecule has 0 fully saturated rings. The van der Waals surface area contributed by atoms with Gasteiger partial charge in [0.15, 0.2) is 0 Å². The van der Waals surface area contributed by atoms with Crippen molar-refractivity contribution in [2.24, 2.45) is 0 Å². The van der Waals surface area contributed by atoms with Crippen LogP contribution in [-0.2, 0) is 4.74 Å². The van der Waals surface area contributed by atoms with Crippen LogP contribution in [0.2, 0.25) is 0 Å². The molecule has 0 aromatic heterocycles. The molecule has 184 valence electrons. The van der Waals surface area contributed by atoms with Crippen molar-refractivity contribution < 1.29 is 33.4 Å². The molecule has 2 N–H and O–H groups in total. The molecule has 0 radical (unpaired) electrons. The number of fused-ring (bicyclic) bond motifs is 1. The smallest absolute Gasteiger partial charge is 0.434 e. The summed E-state index contributed by atoms with van der Waals surface area (Å²) < 4.78 is 9.62. The third-order valence-corrected chi connectivity index (χ3v) is 5.10. The second-order valence-electron chi connectivity index (χ2n) is 8.70. The molecule has 0 spiro atoms. The summed E-state index contributed by atoms with van der Waals surface area (Å²) in [5, 5.41) is 5.34. The summed E-state index contributed by atoms with van der Waals surface area (Å²) in [7, 11) is 0. The highest BCUT2D eigenvalue weighted by atomic mass is 16.7. The minimum Gasteiger partial charge on any atom is -0.434 e. The molecule has 10 heteroatoms. The Bertz CT molecular complexity index is 1170. The lowest BCUT2D eigenvalue weighted by molar-refractivity contribution is 0.0507. The molecule has 0 aliphatic carbocycles. The van der Waals surface area contributed by atoms with E-state index in [2.05, 4.69) is 15.4 Å². The minimum atomic E-state index is -0.827. The van der Waals surface area contributed by atoms with Crippen LogP contribution >= 0.6 is 0 Å². The van der Waals surface area contributed by atoms with Gasteiger partial charge in [0.2, 0.25) is 0 Å². The predicted molar refractivity (Wildman–Crippen MR) is 125 cm³/mol. The molecule has 0 atom stereocenters. The average molecular weight is 482 g/mol. The van der Waals surface area contributed by atoms with E-state index in [-0.39, 0.29) is 54.0 Å². The van der Waals surface area contributed by atoms with Crippen LogP contribution < -0.4 is 15.4 Å². The maximum atomic E-state index is 12.7. The Morgan fingerprint density at radius 3 is 1.94 bits per heavy atom. The second kappa shape index (κ2) is 10.4. The van der Waals surface area contributed by atoms with Crippen LogP contribution in [0.25, 0.3) is 0 Å². The van der Waals surface area contributed by atoms with Crippen molar-refractivity contribution in [2.75, 3.05) is 19.7 Å². The molecule has 10 nitrogen and oxygen atoms in total. The van der Waals surface area contributed by atoms with E-state index in [1.165, 1.54) is 47.4 Å². The highest BCUT2D eigenvalue weighted by Gasteiger charge is 2.42. The van der Waals surface area contributed by atoms with E-state index in [4.69, 9.17) is 4.74 Å². The normalized spacial score (nSPS) is 12.7. The number of ether oxygens (including phenoxy) is 2. The van der Waals surface area contributed by atoms with Crippen molar-refractivity contribution in [1.82, 2.24) is 15.5 Å². The summed E-state index contributed by atoms with van der Waals surface area (Å²) in [6.45, 7) is 7.45. The molecule has 0 bridgehead atoms. The van der Waals surface area contributed by atoms with E-state index in [0.29, 0.717) is 5.56 Å². The molecule has 4 amide bonds. The lowest BCUT2D eigenvalue weighted by Gasteiger charge is -2.29. The van der Waals surface area contributed by atoms with Crippen LogP contribution in [-0.4, -0.2) is 59.9 Å². The van der Waals surface area contributed by atoms with Crippen LogP contribution in [0.5, 0.6) is 5.75 Å². The van der Waals surface area contributed by atoms with Crippen LogP contribution in [0, 0.1) is 0 Å². The van der Waals surface area contributed by atoms with Gasteiger partial charge >= 0.3 is 6.16 Å². The van der Waals surface area contributed by atoms with Gasteiger partial charge in [-0.15, -0.1) is 0 Å². The van der Waals surface area contributed by atoms with Crippen molar-refractivity contribution in [3.8, 4) is 5.75 Å². The van der Waals surface area contributed by atoms with E-state index in [1.54, 1.807) is 27.7 Å². The number of benzene rings is 2. The number of rotatable bonds is 7. The summed E-state index contributed by atoms with van der Waals surface area (Å²) in [4.78, 5) is 62.5. The van der Waals surface area contributed by atoms with Crippen LogP contribution in [0.3, 0.4) is 0 Å². The van der Waals surface area contributed by atoms with Gasteiger partial charge < -0.3 is 20.1 Å². The van der Waals surface area contributed by atoms with Crippen molar-refractivity contribution in [1.29, 1.82) is 0 Å². The van der Waals surface area contributed by atoms with Gasteiger partial charge in [0.1, 0.15) is 5.75 Å². The van der Waals surface area contributed by atoms with Gasteiger partial charge in [-0.3, -0.25) is 24.1 Å². The molecule has 2 aromatic rings. The lowest BCUT2D eigenvalue weighted by atomic mass is 10.1. The lowest BCUT2D eigenvalue weighted by Crippen LogP contribution is -2.45. The zero-order valence-electron chi connectivity index (χ0n) is 20.0. The third-order valence-electron chi connectivity index (χ3n) is 5.10. The fourth-order valence-corrected chi connectivity index (χ4v) is 3.47. The first-order chi connectivity index (χ1) is 16.5. The van der Waals surface area contributed by atoms with Crippen LogP contribution in [0.15, 0.2) is 42.5 Å². The Morgan fingerprint density at radius 1 is 0.829 bits per heavy atom. The topological polar surface area (TPSA) is 131 Å². The highest BCUT2D eigenvalue weighted by molar-refractivity contribution is 6.22. The standard InChI is InChI=1S/C25H27N3O7/c1-5-34-24(33)35-17-9-6-15(7-10-17)20(29)26-12-13-27-21(30)16-8-11-18-19(14-16)23(32)28(22(18)31)25(2,3)4/h6-11,14H,5,12-13H2,1-4H3,(H,26,29)(H,27,30). The Hall–Kier alpha value is -4.21. The summed E-state index contributed by atoms with van der Waals surface area (Å²) in [5.74, 6) is -1.37. The predicted octanol–water partition coefficient (Wildman–Crippen LogP) is 2.78. The largest absolute Gasteiger partial charge is 0.513 e. The Morgan fingerprint density at radius 2 is 1.37 bits per heavy atom. The number of nitrogens with one attached hydrogen (secondary N) is 2. The van der Waals surface area contributed by atoms with Gasteiger partial charge in [-0.05, 0) is 70.2 Å². The molecular formula is C25H27N3O7. The summed E-state index contributed by atoms with van der Waals surface area (Å²) in [5.41, 5.74) is 0.373. The van der Waals surface area contributed by atoms with E-state index >= 15 is 0 Å². The molecule has 0 unspecified atom stereocenters. The number of nitrogens with zero attached hydrogens (tertiary/aromatic N) is 1. The monoisotopic (exact) mass is 481 g/mol. The first-order valence-corrected chi connectivity index (χ1v) is 11.1. The fourth-order valence-electron chi connectivity index (χ4n) is 3.47. The van der Waals surface area contributed by atoms with E-state index in [0.717, 1.165) is 0 Å². The van der Waals surface area contributed by atoms with Crippen molar-refractivity contribution in [3.63, 3.8) is 0 Å². The fraction of sp³-hybridized carbons (Fsp3) is 0.320. The summed E-state index contributed by atoms with van der Waals surface area (Å²) >= 11 is 0. The van der Waals surface area contributed by atoms with Crippen molar-refractivity contribution in [2.45, 2.75) is 33.2 Å². The minimum absolute atomic E-state index is 0.146. The molecule has 3 rings (SSSR count). The third kappa shape index (κ3) is 5.84. The number of hydrogen-bond donors (Lipinski definition) is 2. The van der Waals surface area contributed by atoms with Gasteiger partial charge in [-0.1, -0.05) is 0 Å². The van der Waals surface area contributed by atoms with Crippen molar-refractivity contribution in [3.05, 3.63) is 64.7 Å². The quantitative estimate of drug-likeness (QED) is 0.269. The molecule has 0 saturated carbocycles. The summed E-state index contributed by atoms with van der Waals surface area (Å²) in [6.07, 6.45) is -0.827. The van der Waals surface area contributed by atoms with Gasteiger partial charge in [-0.2, -0.15) is 0 Å². The first kappa shape index (κ1) is 25.4. The molecule has 0 saturated heterocycles. The maximum absolute atomic E-state index is 12.7. The Balaban J connectivity index is 1.50. The summed E-state index contributed by atoms with van der Waals surface area (Å²) in [6, 6.07) is 10.3. The Kier molecular flexibility index (Phi) is 7.53. The van der Waals surface area contributed by atoms with Gasteiger partial charge in [0, 0.05) is 29.8 Å². The van der Waals surface area contributed by atoms with E-state index in [9.17, 15) is 24.0 Å². The molecule has 2 aromatic carbocycles. The first-order valence-electron chi connectivity index (χ1n) is 11.1. The average Bonchev–Trinajstić information content (AvgIpc) is 3.06. The maximum Gasteiger partial charge on any atom is 0.513 e. The van der Waals surface area contributed by atoms with Crippen molar-refractivity contribution >= 4 is 29.8 Å². The van der Waals surface area contributed by atoms with Gasteiger partial charge in [0.05, 0.1) is 17.7 Å². The molecule has 1 aliphatic rings. The zero-order chi connectivity index (χ0) is 25.8. The number of carbonyl (C=O) groups is 5. The van der Waals surface area contributed by atoms with Gasteiger partial charge in [0.25, 0.3) is 23.6 Å². The highest BCUT2D eigenvalue weighted by Crippen LogP contribution is 2.29. The van der Waals surface area contributed by atoms with Crippen LogP contribution in [0.1, 0.15) is 69.1 Å². The van der Waals surface area contributed by atoms with Crippen LogP contribution in [0.4, 0.5) is 4.79 Å². The molecular weight excluding hydrogens is 454 g/mol. The second-order valence-corrected chi connectivity index (χ2v) is 8.70. The number of hydrogen-bond acceptors (Lipinski definition) is 7. The van der Waals surface area contributed by atoms with Gasteiger partial charge in [-0.25, -0.2) is 4.79 Å². The number of imide groups is 1. The molecule has 35 heavy (non-hydrogen) atoms. The Labute approximate surface area is 202 Å². The van der Waals surface area contributed by atoms with E-state index in [1.807, 2.05) is 0 Å². The molecule has 1 aliphatic heterocycles.